The molecule has 0 aliphatic carbocycles. The third-order valence-corrected chi connectivity index (χ3v) is 2.96. The first-order valence-corrected chi connectivity index (χ1v) is 6.08. The number of aliphatic hydroxyl groups excluding tert-OH is 1. The van der Waals surface area contributed by atoms with Crippen molar-refractivity contribution >= 4 is 5.69 Å². The first-order chi connectivity index (χ1) is 7.77. The molecular weight excluding hydrogens is 214 g/mol. The van der Waals surface area contributed by atoms with E-state index in [1.165, 1.54) is 0 Å². The molecule has 1 aromatic rings. The van der Waals surface area contributed by atoms with E-state index in [9.17, 15) is 10.2 Å². The number of aromatic hydroxyl groups is 1. The SMILES string of the molecule is CCCC(O)c1cc(C(C)(C)C)cc(N)c1O. The predicted octanol–water partition coefficient (Wildman–Crippen LogP) is 3.11. The lowest BCUT2D eigenvalue weighted by atomic mass is 9.84. The fourth-order valence-corrected chi connectivity index (χ4v) is 1.80. The summed E-state index contributed by atoms with van der Waals surface area (Å²) in [5.74, 6) is 0.0129. The summed E-state index contributed by atoms with van der Waals surface area (Å²) < 4.78 is 0. The number of phenols is 1. The van der Waals surface area contributed by atoms with Crippen LogP contribution in [0.3, 0.4) is 0 Å². The van der Waals surface area contributed by atoms with Crippen LogP contribution < -0.4 is 5.73 Å². The molecule has 0 fully saturated rings. The van der Waals surface area contributed by atoms with Crippen molar-refractivity contribution < 1.29 is 10.2 Å². The molecule has 4 N–H and O–H groups in total. The van der Waals surface area contributed by atoms with Crippen molar-refractivity contribution in [3.8, 4) is 5.75 Å². The zero-order valence-electron chi connectivity index (χ0n) is 11.1. The zero-order valence-corrected chi connectivity index (χ0v) is 11.1. The number of nitrogens with two attached hydrogens (primary N) is 1. The summed E-state index contributed by atoms with van der Waals surface area (Å²) in [6, 6.07) is 3.63. The van der Waals surface area contributed by atoms with E-state index in [0.717, 1.165) is 12.0 Å². The van der Waals surface area contributed by atoms with Crippen molar-refractivity contribution in [3.05, 3.63) is 23.3 Å². The molecule has 96 valence electrons. The van der Waals surface area contributed by atoms with Crippen LogP contribution in [0.4, 0.5) is 5.69 Å². The molecule has 1 atom stereocenters. The Morgan fingerprint density at radius 3 is 2.35 bits per heavy atom. The molecule has 1 aromatic carbocycles. The van der Waals surface area contributed by atoms with E-state index in [1.807, 2.05) is 13.0 Å². The lowest BCUT2D eigenvalue weighted by Gasteiger charge is -2.23. The normalized spacial score (nSPS) is 13.7. The number of aliphatic hydroxyl groups is 1. The van der Waals surface area contributed by atoms with Crippen molar-refractivity contribution in [2.45, 2.75) is 52.1 Å². The van der Waals surface area contributed by atoms with Gasteiger partial charge in [-0.2, -0.15) is 0 Å². The average molecular weight is 237 g/mol. The summed E-state index contributed by atoms with van der Waals surface area (Å²) in [5, 5.41) is 19.9. The second-order valence-electron chi connectivity index (χ2n) is 5.56. The van der Waals surface area contributed by atoms with Gasteiger partial charge in [0.05, 0.1) is 11.8 Å². The Labute approximate surface area is 103 Å². The van der Waals surface area contributed by atoms with E-state index in [1.54, 1.807) is 6.07 Å². The van der Waals surface area contributed by atoms with Crippen LogP contribution in [0, 0.1) is 0 Å². The quantitative estimate of drug-likeness (QED) is 0.559. The third-order valence-electron chi connectivity index (χ3n) is 2.96. The topological polar surface area (TPSA) is 66.5 Å². The summed E-state index contributed by atoms with van der Waals surface area (Å²) in [6.07, 6.45) is 0.838. The van der Waals surface area contributed by atoms with Gasteiger partial charge in [0.1, 0.15) is 5.75 Å². The molecule has 0 aliphatic heterocycles. The summed E-state index contributed by atoms with van der Waals surface area (Å²) >= 11 is 0. The summed E-state index contributed by atoms with van der Waals surface area (Å²) in [4.78, 5) is 0. The minimum absolute atomic E-state index is 0.0129. The average Bonchev–Trinajstić information content (AvgIpc) is 2.20. The Morgan fingerprint density at radius 1 is 1.29 bits per heavy atom. The van der Waals surface area contributed by atoms with Gasteiger partial charge in [-0.05, 0) is 29.5 Å². The molecule has 0 aliphatic rings. The Hall–Kier alpha value is -1.22. The van der Waals surface area contributed by atoms with Gasteiger partial charge in [-0.25, -0.2) is 0 Å². The van der Waals surface area contributed by atoms with Crippen LogP contribution in [0.1, 0.15) is 57.8 Å². The molecule has 1 rings (SSSR count). The number of phenolic OH excluding ortho intramolecular Hbond substituents is 1. The number of anilines is 1. The molecular formula is C14H23NO2. The van der Waals surface area contributed by atoms with Crippen molar-refractivity contribution in [2.75, 3.05) is 5.73 Å². The van der Waals surface area contributed by atoms with Crippen LogP contribution in [0.2, 0.25) is 0 Å². The fraction of sp³-hybridized carbons (Fsp3) is 0.571. The molecule has 17 heavy (non-hydrogen) atoms. The second-order valence-corrected chi connectivity index (χ2v) is 5.56. The van der Waals surface area contributed by atoms with E-state index in [2.05, 4.69) is 20.8 Å². The number of nitrogen functional groups attached to an aromatic ring is 1. The molecule has 1 unspecified atom stereocenters. The monoisotopic (exact) mass is 237 g/mol. The summed E-state index contributed by atoms with van der Waals surface area (Å²) in [5.41, 5.74) is 7.64. The maximum atomic E-state index is 10.0. The Balaban J connectivity index is 3.25. The minimum atomic E-state index is -0.649. The third kappa shape index (κ3) is 3.13. The molecule has 0 bridgehead atoms. The molecule has 0 aromatic heterocycles. The molecule has 0 amide bonds. The minimum Gasteiger partial charge on any atom is -0.505 e. The van der Waals surface area contributed by atoms with Gasteiger partial charge < -0.3 is 15.9 Å². The molecule has 0 saturated heterocycles. The molecule has 0 saturated carbocycles. The van der Waals surface area contributed by atoms with Gasteiger partial charge in [0, 0.05) is 5.56 Å². The highest BCUT2D eigenvalue weighted by atomic mass is 16.3. The van der Waals surface area contributed by atoms with Gasteiger partial charge in [0.15, 0.2) is 0 Å². The Bertz CT molecular complexity index is 394. The standard InChI is InChI=1S/C14H23NO2/c1-5-6-12(16)10-7-9(14(2,3)4)8-11(15)13(10)17/h7-8,12,16-17H,5-6,15H2,1-4H3. The zero-order chi connectivity index (χ0) is 13.2. The maximum Gasteiger partial charge on any atom is 0.144 e. The number of benzene rings is 1. The van der Waals surface area contributed by atoms with Gasteiger partial charge in [-0.15, -0.1) is 0 Å². The second kappa shape index (κ2) is 4.96. The van der Waals surface area contributed by atoms with E-state index in [-0.39, 0.29) is 11.2 Å². The Kier molecular flexibility index (Phi) is 4.04. The highest BCUT2D eigenvalue weighted by Crippen LogP contribution is 2.36. The molecule has 0 heterocycles. The molecule has 0 radical (unpaired) electrons. The Morgan fingerprint density at radius 2 is 1.88 bits per heavy atom. The number of hydrogen-bond donors (Lipinski definition) is 3. The van der Waals surface area contributed by atoms with Crippen molar-refractivity contribution in [2.24, 2.45) is 0 Å². The van der Waals surface area contributed by atoms with Crippen LogP contribution in [0.5, 0.6) is 5.75 Å². The number of rotatable bonds is 3. The first kappa shape index (κ1) is 13.8. The lowest BCUT2D eigenvalue weighted by molar-refractivity contribution is 0.162. The van der Waals surface area contributed by atoms with Gasteiger partial charge >= 0.3 is 0 Å². The van der Waals surface area contributed by atoms with E-state index in [0.29, 0.717) is 17.7 Å². The van der Waals surface area contributed by atoms with E-state index >= 15 is 0 Å². The first-order valence-electron chi connectivity index (χ1n) is 6.08. The van der Waals surface area contributed by atoms with Crippen LogP contribution in [-0.2, 0) is 5.41 Å². The fourth-order valence-electron chi connectivity index (χ4n) is 1.80. The van der Waals surface area contributed by atoms with Gasteiger partial charge in [0.25, 0.3) is 0 Å². The van der Waals surface area contributed by atoms with E-state index < -0.39 is 6.10 Å². The predicted molar refractivity (Wildman–Crippen MR) is 71.1 cm³/mol. The lowest BCUT2D eigenvalue weighted by Crippen LogP contribution is -2.13. The summed E-state index contributed by atoms with van der Waals surface area (Å²) in [7, 11) is 0. The van der Waals surface area contributed by atoms with Gasteiger partial charge in [0.2, 0.25) is 0 Å². The highest BCUT2D eigenvalue weighted by molar-refractivity contribution is 5.59. The van der Waals surface area contributed by atoms with Crippen molar-refractivity contribution in [1.82, 2.24) is 0 Å². The van der Waals surface area contributed by atoms with Crippen LogP contribution in [0.15, 0.2) is 12.1 Å². The molecule has 3 heteroatoms. The summed E-state index contributed by atoms with van der Waals surface area (Å²) in [6.45, 7) is 8.23. The van der Waals surface area contributed by atoms with Crippen LogP contribution >= 0.6 is 0 Å². The number of hydrogen-bond acceptors (Lipinski definition) is 3. The highest BCUT2D eigenvalue weighted by Gasteiger charge is 2.20. The van der Waals surface area contributed by atoms with Gasteiger partial charge in [-0.1, -0.05) is 34.1 Å². The van der Waals surface area contributed by atoms with Crippen molar-refractivity contribution in [3.63, 3.8) is 0 Å². The smallest absolute Gasteiger partial charge is 0.144 e. The van der Waals surface area contributed by atoms with E-state index in [4.69, 9.17) is 5.73 Å². The van der Waals surface area contributed by atoms with Gasteiger partial charge in [-0.3, -0.25) is 0 Å². The van der Waals surface area contributed by atoms with Crippen LogP contribution in [-0.4, -0.2) is 10.2 Å². The maximum absolute atomic E-state index is 10.0. The largest absolute Gasteiger partial charge is 0.505 e. The molecule has 3 nitrogen and oxygen atoms in total. The molecule has 0 spiro atoms. The van der Waals surface area contributed by atoms with Crippen LogP contribution in [0.25, 0.3) is 0 Å². The van der Waals surface area contributed by atoms with Crippen molar-refractivity contribution in [1.29, 1.82) is 0 Å².